The van der Waals surface area contributed by atoms with Gasteiger partial charge >= 0.3 is 0 Å². The van der Waals surface area contributed by atoms with Crippen molar-refractivity contribution in [2.75, 3.05) is 0 Å². The molecule has 0 bridgehead atoms. The van der Waals surface area contributed by atoms with E-state index in [1.807, 2.05) is 30.3 Å². The topological polar surface area (TPSA) is 72.7 Å². The van der Waals surface area contributed by atoms with Crippen LogP contribution in [0.15, 0.2) is 59.8 Å². The summed E-state index contributed by atoms with van der Waals surface area (Å²) in [7, 11) is 1.72. The van der Waals surface area contributed by atoms with Crippen LogP contribution in [0.25, 0.3) is 0 Å². The van der Waals surface area contributed by atoms with Crippen LogP contribution in [0.5, 0.6) is 0 Å². The number of benzene rings is 2. The largest absolute Gasteiger partial charge is 0.351 e. The fraction of sp³-hybridized carbons (Fsp3) is 0.176. The third-order valence-corrected chi connectivity index (χ3v) is 4.80. The number of aryl methyl sites for hydroxylation is 1. The smallest absolute Gasteiger partial charge is 0.238 e. The summed E-state index contributed by atoms with van der Waals surface area (Å²) < 4.78 is 14.5. The molecule has 0 radical (unpaired) electrons. The van der Waals surface area contributed by atoms with Gasteiger partial charge in [0, 0.05) is 13.6 Å². The molecular weight excluding hydrogens is 341 g/mol. The first-order valence-corrected chi connectivity index (χ1v) is 8.47. The first-order chi connectivity index (χ1) is 12.1. The molecule has 1 N–H and O–H groups in total. The minimum absolute atomic E-state index is 0.163. The number of rotatable bonds is 6. The molecule has 1 heterocycles. The van der Waals surface area contributed by atoms with E-state index in [0.29, 0.717) is 11.7 Å². The van der Waals surface area contributed by atoms with Crippen molar-refractivity contribution in [3.8, 4) is 0 Å². The van der Waals surface area contributed by atoms with Crippen LogP contribution in [-0.4, -0.2) is 26.1 Å². The van der Waals surface area contributed by atoms with Crippen LogP contribution in [0.2, 0.25) is 0 Å². The Morgan fingerprint density at radius 3 is 2.56 bits per heavy atom. The quantitative estimate of drug-likeness (QED) is 0.686. The molecule has 0 spiro atoms. The Hall–Kier alpha value is -2.74. The highest BCUT2D eigenvalue weighted by Gasteiger charge is 2.24. The molecule has 8 heteroatoms. The molecule has 0 aliphatic heterocycles. The molecule has 1 amide bonds. The standard InChI is InChI=1S/C17H16FN5OS/c1-23-17(20-21-22-23)25-15(13-5-3-2-4-6-13)16(24)19-11-12-7-9-14(18)10-8-12/h2-10,15H,11H2,1H3,(H,19,24). The lowest BCUT2D eigenvalue weighted by atomic mass is 10.1. The van der Waals surface area contributed by atoms with Crippen LogP contribution < -0.4 is 5.32 Å². The van der Waals surface area contributed by atoms with Crippen molar-refractivity contribution >= 4 is 17.7 Å². The van der Waals surface area contributed by atoms with Gasteiger partial charge in [-0.25, -0.2) is 9.07 Å². The average Bonchev–Trinajstić information content (AvgIpc) is 3.04. The van der Waals surface area contributed by atoms with E-state index in [1.165, 1.54) is 28.6 Å². The van der Waals surface area contributed by atoms with Crippen LogP contribution in [0, 0.1) is 5.82 Å². The van der Waals surface area contributed by atoms with E-state index in [4.69, 9.17) is 0 Å². The fourth-order valence-electron chi connectivity index (χ4n) is 2.21. The highest BCUT2D eigenvalue weighted by molar-refractivity contribution is 8.00. The number of aromatic nitrogens is 4. The maximum Gasteiger partial charge on any atom is 0.238 e. The molecule has 0 fully saturated rings. The lowest BCUT2D eigenvalue weighted by Crippen LogP contribution is -2.27. The molecule has 0 saturated heterocycles. The molecule has 1 unspecified atom stereocenters. The molecule has 128 valence electrons. The van der Waals surface area contributed by atoms with E-state index < -0.39 is 5.25 Å². The van der Waals surface area contributed by atoms with Crippen LogP contribution in [0.4, 0.5) is 4.39 Å². The molecule has 6 nitrogen and oxygen atoms in total. The lowest BCUT2D eigenvalue weighted by Gasteiger charge is -2.16. The second kappa shape index (κ2) is 7.89. The van der Waals surface area contributed by atoms with Gasteiger partial charge in [-0.1, -0.05) is 54.2 Å². The number of hydrogen-bond donors (Lipinski definition) is 1. The van der Waals surface area contributed by atoms with Crippen molar-refractivity contribution in [2.45, 2.75) is 17.0 Å². The monoisotopic (exact) mass is 357 g/mol. The number of tetrazole rings is 1. The zero-order valence-electron chi connectivity index (χ0n) is 13.5. The average molecular weight is 357 g/mol. The molecule has 0 saturated carbocycles. The van der Waals surface area contributed by atoms with Crippen LogP contribution in [0.3, 0.4) is 0 Å². The molecule has 0 aliphatic rings. The summed E-state index contributed by atoms with van der Waals surface area (Å²) in [6.45, 7) is 0.320. The number of carbonyl (C=O) groups is 1. The van der Waals surface area contributed by atoms with Crippen molar-refractivity contribution in [1.29, 1.82) is 0 Å². The third kappa shape index (κ3) is 4.42. The van der Waals surface area contributed by atoms with Gasteiger partial charge in [0.25, 0.3) is 0 Å². The summed E-state index contributed by atoms with van der Waals surface area (Å²) in [4.78, 5) is 12.7. The first-order valence-electron chi connectivity index (χ1n) is 7.59. The second-order valence-electron chi connectivity index (χ2n) is 5.34. The number of amides is 1. The van der Waals surface area contributed by atoms with Gasteiger partial charge in [0.05, 0.1) is 0 Å². The van der Waals surface area contributed by atoms with E-state index in [-0.39, 0.29) is 11.7 Å². The van der Waals surface area contributed by atoms with Crippen LogP contribution in [0.1, 0.15) is 16.4 Å². The van der Waals surface area contributed by atoms with Crippen LogP contribution >= 0.6 is 11.8 Å². The van der Waals surface area contributed by atoms with E-state index in [1.54, 1.807) is 19.2 Å². The minimum Gasteiger partial charge on any atom is -0.351 e. The van der Waals surface area contributed by atoms with Gasteiger partial charge in [-0.15, -0.1) is 5.10 Å². The van der Waals surface area contributed by atoms with E-state index in [2.05, 4.69) is 20.8 Å². The number of nitrogens with zero attached hydrogens (tertiary/aromatic N) is 4. The number of thioether (sulfide) groups is 1. The fourth-order valence-corrected chi connectivity index (χ4v) is 3.18. The SMILES string of the molecule is Cn1nnnc1SC(C(=O)NCc1ccc(F)cc1)c1ccccc1. The van der Waals surface area contributed by atoms with Gasteiger partial charge < -0.3 is 5.32 Å². The molecule has 1 atom stereocenters. The molecule has 3 aromatic rings. The van der Waals surface area contributed by atoms with Gasteiger partial charge in [0.1, 0.15) is 11.1 Å². The Morgan fingerprint density at radius 1 is 1.20 bits per heavy atom. The summed E-state index contributed by atoms with van der Waals surface area (Å²) in [6, 6.07) is 15.5. The maximum atomic E-state index is 13.0. The molecular formula is C17H16FN5OS. The van der Waals surface area contributed by atoms with Crippen molar-refractivity contribution in [3.05, 3.63) is 71.5 Å². The number of nitrogens with one attached hydrogen (secondary N) is 1. The van der Waals surface area contributed by atoms with Gasteiger partial charge in [-0.2, -0.15) is 0 Å². The predicted octanol–water partition coefficient (Wildman–Crippen LogP) is 2.50. The van der Waals surface area contributed by atoms with E-state index in [9.17, 15) is 9.18 Å². The summed E-state index contributed by atoms with van der Waals surface area (Å²) in [6.07, 6.45) is 0. The third-order valence-electron chi connectivity index (χ3n) is 3.52. The van der Waals surface area contributed by atoms with Crippen LogP contribution in [-0.2, 0) is 18.4 Å². The van der Waals surface area contributed by atoms with Crippen molar-refractivity contribution in [1.82, 2.24) is 25.5 Å². The Balaban J connectivity index is 1.75. The lowest BCUT2D eigenvalue weighted by molar-refractivity contribution is -0.120. The Morgan fingerprint density at radius 2 is 1.92 bits per heavy atom. The number of hydrogen-bond acceptors (Lipinski definition) is 5. The van der Waals surface area contributed by atoms with E-state index >= 15 is 0 Å². The van der Waals surface area contributed by atoms with Gasteiger partial charge in [0.15, 0.2) is 0 Å². The molecule has 25 heavy (non-hydrogen) atoms. The Labute approximate surface area is 148 Å². The zero-order chi connectivity index (χ0) is 17.6. The maximum absolute atomic E-state index is 13.0. The van der Waals surface area contributed by atoms with Gasteiger partial charge in [0.2, 0.25) is 11.1 Å². The van der Waals surface area contributed by atoms with Crippen molar-refractivity contribution in [2.24, 2.45) is 7.05 Å². The summed E-state index contributed by atoms with van der Waals surface area (Å²) in [5, 5.41) is 14.3. The first kappa shape index (κ1) is 17.1. The zero-order valence-corrected chi connectivity index (χ0v) is 14.3. The molecule has 2 aromatic carbocycles. The highest BCUT2D eigenvalue weighted by atomic mass is 32.2. The summed E-state index contributed by atoms with van der Waals surface area (Å²) >= 11 is 1.28. The molecule has 1 aromatic heterocycles. The highest BCUT2D eigenvalue weighted by Crippen LogP contribution is 2.33. The minimum atomic E-state index is -0.494. The summed E-state index contributed by atoms with van der Waals surface area (Å²) in [5.74, 6) is -0.467. The Kier molecular flexibility index (Phi) is 5.39. The Bertz CT molecular complexity index is 838. The van der Waals surface area contributed by atoms with Gasteiger partial charge in [-0.05, 0) is 33.7 Å². The summed E-state index contributed by atoms with van der Waals surface area (Å²) in [5.41, 5.74) is 1.68. The van der Waals surface area contributed by atoms with Crippen molar-refractivity contribution < 1.29 is 9.18 Å². The van der Waals surface area contributed by atoms with Gasteiger partial charge in [-0.3, -0.25) is 4.79 Å². The number of halogens is 1. The molecule has 3 rings (SSSR count). The normalized spacial score (nSPS) is 11.9. The van der Waals surface area contributed by atoms with Crippen molar-refractivity contribution in [3.63, 3.8) is 0 Å². The second-order valence-corrected chi connectivity index (χ2v) is 6.41. The number of carbonyl (C=O) groups excluding carboxylic acids is 1. The predicted molar refractivity (Wildman–Crippen MR) is 92.1 cm³/mol. The van der Waals surface area contributed by atoms with E-state index in [0.717, 1.165) is 11.1 Å². The molecule has 0 aliphatic carbocycles.